The van der Waals surface area contributed by atoms with Crippen LogP contribution in [0.15, 0.2) is 29.6 Å². The van der Waals surface area contributed by atoms with E-state index in [1.165, 1.54) is 30.4 Å². The molecule has 1 fully saturated rings. The summed E-state index contributed by atoms with van der Waals surface area (Å²) in [5.41, 5.74) is 2.71. The van der Waals surface area contributed by atoms with Crippen LogP contribution in [0.25, 0.3) is 10.6 Å². The molecule has 0 N–H and O–H groups in total. The van der Waals surface area contributed by atoms with Crippen molar-refractivity contribution in [2.75, 3.05) is 0 Å². The molecule has 3 rings (SSSR count). The predicted molar refractivity (Wildman–Crippen MR) is 69.2 cm³/mol. The van der Waals surface area contributed by atoms with Gasteiger partial charge in [-0.2, -0.15) is 0 Å². The van der Waals surface area contributed by atoms with Crippen LogP contribution >= 0.6 is 22.9 Å². The van der Waals surface area contributed by atoms with E-state index in [1.54, 1.807) is 11.3 Å². The van der Waals surface area contributed by atoms with E-state index in [4.69, 9.17) is 11.6 Å². The van der Waals surface area contributed by atoms with E-state index in [0.29, 0.717) is 5.15 Å². The predicted octanol–water partition coefficient (Wildman–Crippen LogP) is 4.73. The molecule has 0 aliphatic heterocycles. The van der Waals surface area contributed by atoms with Crippen molar-refractivity contribution < 1.29 is 0 Å². The lowest BCUT2D eigenvalue weighted by molar-refractivity contribution is 0.420. The first kappa shape index (κ1) is 10.3. The summed E-state index contributed by atoms with van der Waals surface area (Å²) in [5.74, 6) is 0.735. The highest BCUT2D eigenvalue weighted by molar-refractivity contribution is 7.13. The third kappa shape index (κ3) is 1.76. The van der Waals surface area contributed by atoms with Crippen molar-refractivity contribution >= 4 is 22.9 Å². The van der Waals surface area contributed by atoms with Gasteiger partial charge >= 0.3 is 0 Å². The molecule has 1 aliphatic rings. The molecule has 0 spiro atoms. The molecule has 3 heteroatoms. The zero-order chi connectivity index (χ0) is 11.0. The Labute approximate surface area is 104 Å². The first-order chi connectivity index (χ1) is 7.84. The third-order valence-corrected chi connectivity index (χ3v) is 4.41. The number of hydrogen-bond acceptors (Lipinski definition) is 2. The van der Waals surface area contributed by atoms with Crippen molar-refractivity contribution in [3.8, 4) is 10.6 Å². The van der Waals surface area contributed by atoms with Crippen LogP contribution < -0.4 is 0 Å². The molecule has 1 nitrogen and oxygen atoms in total. The Bertz CT molecular complexity index is 502. The molecule has 1 saturated carbocycles. The second kappa shape index (κ2) is 4.19. The second-order valence-corrected chi connectivity index (χ2v) is 5.44. The molecule has 0 atom stereocenters. The zero-order valence-corrected chi connectivity index (χ0v) is 10.4. The Morgan fingerprint density at radius 2 is 2.06 bits per heavy atom. The highest BCUT2D eigenvalue weighted by atomic mass is 35.5. The molecular formula is C13H12ClNS. The first-order valence-corrected chi connectivity index (χ1v) is 6.80. The largest absolute Gasteiger partial charge is 0.224 e. The van der Waals surface area contributed by atoms with Gasteiger partial charge in [0.05, 0.1) is 0 Å². The average molecular weight is 250 g/mol. The van der Waals surface area contributed by atoms with Gasteiger partial charge in [0.25, 0.3) is 0 Å². The Kier molecular flexibility index (Phi) is 2.70. The summed E-state index contributed by atoms with van der Waals surface area (Å²) in [6.45, 7) is 0. The average Bonchev–Trinajstić information content (AvgIpc) is 2.63. The van der Waals surface area contributed by atoms with Gasteiger partial charge in [-0.25, -0.2) is 4.98 Å². The molecule has 1 aromatic carbocycles. The van der Waals surface area contributed by atoms with Gasteiger partial charge in [-0.1, -0.05) is 42.3 Å². The van der Waals surface area contributed by atoms with E-state index in [-0.39, 0.29) is 0 Å². The molecular weight excluding hydrogens is 238 g/mol. The molecule has 0 unspecified atom stereocenters. The maximum Gasteiger partial charge on any atom is 0.140 e. The molecule has 0 amide bonds. The summed E-state index contributed by atoms with van der Waals surface area (Å²) in [6.07, 6.45) is 3.99. The second-order valence-electron chi connectivity index (χ2n) is 4.19. The summed E-state index contributed by atoms with van der Waals surface area (Å²) in [7, 11) is 0. The maximum absolute atomic E-state index is 5.89. The summed E-state index contributed by atoms with van der Waals surface area (Å²) in [6, 6.07) is 8.58. The molecule has 82 valence electrons. The highest BCUT2D eigenvalue weighted by Crippen LogP contribution is 2.41. The third-order valence-electron chi connectivity index (χ3n) is 3.21. The van der Waals surface area contributed by atoms with Crippen molar-refractivity contribution in [1.82, 2.24) is 4.98 Å². The molecule has 0 bridgehead atoms. The number of rotatable bonds is 2. The normalized spacial score (nSPS) is 16.1. The minimum Gasteiger partial charge on any atom is -0.224 e. The Morgan fingerprint density at radius 3 is 2.69 bits per heavy atom. The van der Waals surface area contributed by atoms with Gasteiger partial charge in [-0.15, -0.1) is 11.3 Å². The van der Waals surface area contributed by atoms with Gasteiger partial charge in [0.15, 0.2) is 0 Å². The van der Waals surface area contributed by atoms with Gasteiger partial charge in [0.2, 0.25) is 0 Å². The molecule has 0 radical (unpaired) electrons. The molecule has 0 saturated heterocycles. The summed E-state index contributed by atoms with van der Waals surface area (Å²) < 4.78 is 0. The monoisotopic (exact) mass is 249 g/mol. The van der Waals surface area contributed by atoms with E-state index in [0.717, 1.165) is 10.9 Å². The van der Waals surface area contributed by atoms with Crippen LogP contribution in [-0.4, -0.2) is 4.98 Å². The number of thiazole rings is 1. The van der Waals surface area contributed by atoms with Gasteiger partial charge < -0.3 is 0 Å². The lowest BCUT2D eigenvalue weighted by Gasteiger charge is -2.27. The van der Waals surface area contributed by atoms with Gasteiger partial charge in [0, 0.05) is 10.9 Å². The minimum absolute atomic E-state index is 0.600. The molecule has 2 aromatic rings. The van der Waals surface area contributed by atoms with E-state index in [2.05, 4.69) is 29.2 Å². The quantitative estimate of drug-likeness (QED) is 0.750. The van der Waals surface area contributed by atoms with Crippen molar-refractivity contribution in [3.05, 3.63) is 40.4 Å². The van der Waals surface area contributed by atoms with Crippen molar-refractivity contribution in [2.24, 2.45) is 0 Å². The van der Waals surface area contributed by atoms with Crippen molar-refractivity contribution in [3.63, 3.8) is 0 Å². The number of nitrogens with zero attached hydrogens (tertiary/aromatic N) is 1. The van der Waals surface area contributed by atoms with Gasteiger partial charge in [0.1, 0.15) is 10.2 Å². The smallest absolute Gasteiger partial charge is 0.140 e. The number of aromatic nitrogens is 1. The van der Waals surface area contributed by atoms with Crippen LogP contribution in [0, 0.1) is 0 Å². The van der Waals surface area contributed by atoms with E-state index >= 15 is 0 Å². The number of hydrogen-bond donors (Lipinski definition) is 0. The van der Waals surface area contributed by atoms with Gasteiger partial charge in [-0.3, -0.25) is 0 Å². The lowest BCUT2D eigenvalue weighted by atomic mass is 9.78. The van der Waals surface area contributed by atoms with Crippen molar-refractivity contribution in [1.29, 1.82) is 0 Å². The van der Waals surface area contributed by atoms with Crippen LogP contribution in [0.2, 0.25) is 5.15 Å². The van der Waals surface area contributed by atoms with E-state index < -0.39 is 0 Å². The summed E-state index contributed by atoms with van der Waals surface area (Å²) in [5, 5.41) is 3.55. The Balaban J connectivity index is 2.05. The molecule has 1 aliphatic carbocycles. The summed E-state index contributed by atoms with van der Waals surface area (Å²) in [4.78, 5) is 4.37. The lowest BCUT2D eigenvalue weighted by Crippen LogP contribution is -2.09. The Hall–Kier alpha value is -0.860. The SMILES string of the molecule is Clc1csc(-c2ccccc2C2CCC2)n1. The topological polar surface area (TPSA) is 12.9 Å². The first-order valence-electron chi connectivity index (χ1n) is 5.55. The molecule has 16 heavy (non-hydrogen) atoms. The van der Waals surface area contributed by atoms with E-state index in [9.17, 15) is 0 Å². The number of benzene rings is 1. The maximum atomic E-state index is 5.89. The zero-order valence-electron chi connectivity index (χ0n) is 8.82. The fourth-order valence-electron chi connectivity index (χ4n) is 2.14. The Morgan fingerprint density at radius 1 is 1.25 bits per heavy atom. The van der Waals surface area contributed by atoms with Crippen LogP contribution in [0.3, 0.4) is 0 Å². The van der Waals surface area contributed by atoms with Crippen LogP contribution in [0.4, 0.5) is 0 Å². The number of halogens is 1. The fraction of sp³-hybridized carbons (Fsp3) is 0.308. The minimum atomic E-state index is 0.600. The van der Waals surface area contributed by atoms with Crippen LogP contribution in [0.1, 0.15) is 30.7 Å². The highest BCUT2D eigenvalue weighted by Gasteiger charge is 2.22. The summed E-state index contributed by atoms with van der Waals surface area (Å²) >= 11 is 7.52. The molecule has 1 heterocycles. The van der Waals surface area contributed by atoms with Crippen molar-refractivity contribution in [2.45, 2.75) is 25.2 Å². The van der Waals surface area contributed by atoms with Crippen LogP contribution in [-0.2, 0) is 0 Å². The standard InChI is InChI=1S/C13H12ClNS/c14-12-8-16-13(15-12)11-7-2-1-6-10(11)9-4-3-5-9/h1-2,6-9H,3-5H2. The van der Waals surface area contributed by atoms with Gasteiger partial charge in [-0.05, 0) is 24.3 Å². The van der Waals surface area contributed by atoms with Crippen LogP contribution in [0.5, 0.6) is 0 Å². The van der Waals surface area contributed by atoms with E-state index in [1.807, 2.05) is 5.38 Å². The molecule has 1 aromatic heterocycles. The fourth-order valence-corrected chi connectivity index (χ4v) is 3.14.